The van der Waals surface area contributed by atoms with Crippen LogP contribution in [0.4, 0.5) is 5.13 Å². The number of carbonyl (C=O) groups excluding carboxylic acids is 1. The number of aromatic nitrogens is 2. The van der Waals surface area contributed by atoms with Crippen LogP contribution in [0.3, 0.4) is 0 Å². The molecule has 1 amide bonds. The number of rotatable bonds is 2. The Morgan fingerprint density at radius 2 is 2.31 bits per heavy atom. The van der Waals surface area contributed by atoms with E-state index >= 15 is 0 Å². The first-order valence-electron chi connectivity index (χ1n) is 4.60. The van der Waals surface area contributed by atoms with Crippen LogP contribution in [0.1, 0.15) is 10.5 Å². The lowest BCUT2D eigenvalue weighted by atomic mass is 10.4. The van der Waals surface area contributed by atoms with Crippen LogP contribution in [0.25, 0.3) is 10.2 Å². The van der Waals surface area contributed by atoms with Gasteiger partial charge in [-0.05, 0) is 17.5 Å². The molecule has 0 aromatic carbocycles. The highest BCUT2D eigenvalue weighted by Crippen LogP contribution is 2.22. The van der Waals surface area contributed by atoms with Crippen molar-refractivity contribution < 1.29 is 4.79 Å². The summed E-state index contributed by atoms with van der Waals surface area (Å²) < 4.78 is 1.09. The summed E-state index contributed by atoms with van der Waals surface area (Å²) in [7, 11) is 0. The number of amides is 1. The molecule has 0 bridgehead atoms. The highest BCUT2D eigenvalue weighted by Gasteiger charge is 2.11. The van der Waals surface area contributed by atoms with E-state index in [1.165, 1.54) is 11.3 Å². The van der Waals surface area contributed by atoms with Gasteiger partial charge in [0.05, 0.1) is 10.2 Å². The smallest absolute Gasteiger partial charge is 0.273 e. The monoisotopic (exact) mass is 249 g/mol. The molecule has 0 saturated carbocycles. The first-order chi connectivity index (χ1) is 7.83. The normalized spacial score (nSPS) is 10.8. The molecule has 0 aliphatic rings. The third-order valence-electron chi connectivity index (χ3n) is 2.14. The van der Waals surface area contributed by atoms with Gasteiger partial charge in [-0.1, -0.05) is 0 Å². The van der Waals surface area contributed by atoms with Crippen molar-refractivity contribution in [1.82, 2.24) is 9.97 Å². The molecule has 0 saturated heterocycles. The summed E-state index contributed by atoms with van der Waals surface area (Å²) in [4.78, 5) is 18.9. The van der Waals surface area contributed by atoms with E-state index in [2.05, 4.69) is 15.3 Å². The number of hydrogen-bond donors (Lipinski definition) is 2. The van der Waals surface area contributed by atoms with E-state index in [1.807, 2.05) is 22.9 Å². The molecular weight excluding hydrogens is 242 g/mol. The molecular formula is C10H7N3OS2. The van der Waals surface area contributed by atoms with E-state index in [1.54, 1.807) is 17.5 Å². The molecule has 16 heavy (non-hydrogen) atoms. The van der Waals surface area contributed by atoms with E-state index in [9.17, 15) is 4.79 Å². The summed E-state index contributed by atoms with van der Waals surface area (Å²) >= 11 is 3.01. The van der Waals surface area contributed by atoms with Crippen molar-refractivity contribution in [1.29, 1.82) is 0 Å². The molecule has 3 heterocycles. The lowest BCUT2D eigenvalue weighted by Crippen LogP contribution is -2.11. The van der Waals surface area contributed by atoms with Crippen molar-refractivity contribution in [2.24, 2.45) is 0 Å². The lowest BCUT2D eigenvalue weighted by molar-refractivity contribution is 0.102. The number of anilines is 1. The number of H-pyrrole nitrogens is 1. The van der Waals surface area contributed by atoms with Crippen LogP contribution < -0.4 is 5.32 Å². The minimum atomic E-state index is -0.154. The molecule has 0 unspecified atom stereocenters. The van der Waals surface area contributed by atoms with E-state index in [4.69, 9.17) is 0 Å². The summed E-state index contributed by atoms with van der Waals surface area (Å²) in [5.41, 5.74) is 1.56. The number of aromatic amines is 1. The van der Waals surface area contributed by atoms with E-state index < -0.39 is 0 Å². The molecule has 0 atom stereocenters. The predicted molar refractivity (Wildman–Crippen MR) is 66.2 cm³/mol. The second-order valence-electron chi connectivity index (χ2n) is 3.17. The van der Waals surface area contributed by atoms with E-state index in [-0.39, 0.29) is 5.91 Å². The zero-order chi connectivity index (χ0) is 11.0. The van der Waals surface area contributed by atoms with Gasteiger partial charge in [0.25, 0.3) is 5.91 Å². The molecule has 3 rings (SSSR count). The fraction of sp³-hybridized carbons (Fsp3) is 0. The summed E-state index contributed by atoms with van der Waals surface area (Å²) in [5, 5.41) is 7.16. The minimum Gasteiger partial charge on any atom is -0.350 e. The zero-order valence-corrected chi connectivity index (χ0v) is 9.69. The molecule has 3 aromatic rings. The van der Waals surface area contributed by atoms with Crippen molar-refractivity contribution in [2.75, 3.05) is 5.32 Å². The van der Waals surface area contributed by atoms with E-state index in [0.717, 1.165) is 10.2 Å². The summed E-state index contributed by atoms with van der Waals surface area (Å²) in [5.74, 6) is -0.154. The van der Waals surface area contributed by atoms with Gasteiger partial charge in [0.1, 0.15) is 5.69 Å². The third kappa shape index (κ3) is 1.62. The number of fused-ring (bicyclic) bond motifs is 1. The number of thiazole rings is 1. The Bertz CT molecular complexity index is 595. The molecule has 0 spiro atoms. The van der Waals surface area contributed by atoms with Crippen molar-refractivity contribution in [3.8, 4) is 0 Å². The molecule has 0 radical (unpaired) electrons. The maximum Gasteiger partial charge on any atom is 0.273 e. The van der Waals surface area contributed by atoms with Crippen LogP contribution in [-0.2, 0) is 0 Å². The average molecular weight is 249 g/mol. The van der Waals surface area contributed by atoms with Gasteiger partial charge in [-0.15, -0.1) is 22.7 Å². The van der Waals surface area contributed by atoms with Gasteiger partial charge in [-0.3, -0.25) is 10.1 Å². The van der Waals surface area contributed by atoms with Crippen LogP contribution in [0.5, 0.6) is 0 Å². The maximum absolute atomic E-state index is 11.8. The van der Waals surface area contributed by atoms with Gasteiger partial charge in [-0.2, -0.15) is 0 Å². The Morgan fingerprint density at radius 3 is 3.06 bits per heavy atom. The minimum absolute atomic E-state index is 0.154. The van der Waals surface area contributed by atoms with Gasteiger partial charge < -0.3 is 4.98 Å². The molecule has 80 valence electrons. The number of nitrogens with one attached hydrogen (secondary N) is 2. The van der Waals surface area contributed by atoms with Crippen LogP contribution >= 0.6 is 22.7 Å². The Labute approximate surface area is 99.0 Å². The number of hydrogen-bond acceptors (Lipinski definition) is 4. The van der Waals surface area contributed by atoms with Crippen LogP contribution in [-0.4, -0.2) is 15.9 Å². The van der Waals surface area contributed by atoms with Crippen molar-refractivity contribution in [3.05, 3.63) is 34.8 Å². The van der Waals surface area contributed by atoms with Crippen LogP contribution in [0.15, 0.2) is 29.1 Å². The Kier molecular flexibility index (Phi) is 2.23. The van der Waals surface area contributed by atoms with Gasteiger partial charge in [0.2, 0.25) is 0 Å². The topological polar surface area (TPSA) is 57.8 Å². The lowest BCUT2D eigenvalue weighted by Gasteiger charge is -1.97. The Hall–Kier alpha value is -1.66. The van der Waals surface area contributed by atoms with E-state index in [0.29, 0.717) is 10.8 Å². The SMILES string of the molecule is O=C(Nc1nccs1)c1cc2sccc2[nH]1. The standard InChI is InChI=1S/C10H7N3OS2/c14-9(13-10-11-2-4-16-10)7-5-8-6(12-7)1-3-15-8/h1-5,12H,(H,11,13,14). The molecule has 0 aliphatic heterocycles. The highest BCUT2D eigenvalue weighted by molar-refractivity contribution is 7.17. The van der Waals surface area contributed by atoms with Crippen molar-refractivity contribution >= 4 is 43.9 Å². The van der Waals surface area contributed by atoms with Crippen LogP contribution in [0, 0.1) is 0 Å². The van der Waals surface area contributed by atoms with Gasteiger partial charge in [0.15, 0.2) is 5.13 Å². The fourth-order valence-corrected chi connectivity index (χ4v) is 2.73. The summed E-state index contributed by atoms with van der Waals surface area (Å²) in [6.07, 6.45) is 1.66. The third-order valence-corrected chi connectivity index (χ3v) is 3.69. The fourth-order valence-electron chi connectivity index (χ4n) is 1.42. The molecule has 0 fully saturated rings. The Morgan fingerprint density at radius 1 is 1.38 bits per heavy atom. The molecule has 0 aliphatic carbocycles. The Balaban J connectivity index is 1.87. The maximum atomic E-state index is 11.8. The second kappa shape index (κ2) is 3.73. The highest BCUT2D eigenvalue weighted by atomic mass is 32.1. The van der Waals surface area contributed by atoms with Crippen LogP contribution in [0.2, 0.25) is 0 Å². The first kappa shape index (κ1) is 9.56. The number of nitrogens with zero attached hydrogens (tertiary/aromatic N) is 1. The second-order valence-corrected chi connectivity index (χ2v) is 5.02. The molecule has 3 aromatic heterocycles. The molecule has 6 heteroatoms. The molecule has 4 nitrogen and oxygen atoms in total. The van der Waals surface area contributed by atoms with Gasteiger partial charge in [0, 0.05) is 11.6 Å². The summed E-state index contributed by atoms with van der Waals surface area (Å²) in [6.45, 7) is 0. The van der Waals surface area contributed by atoms with Gasteiger partial charge >= 0.3 is 0 Å². The van der Waals surface area contributed by atoms with Crippen molar-refractivity contribution in [3.63, 3.8) is 0 Å². The van der Waals surface area contributed by atoms with Gasteiger partial charge in [-0.25, -0.2) is 4.98 Å². The van der Waals surface area contributed by atoms with Crippen molar-refractivity contribution in [2.45, 2.75) is 0 Å². The summed E-state index contributed by atoms with van der Waals surface area (Å²) in [6, 6.07) is 3.81. The predicted octanol–water partition coefficient (Wildman–Crippen LogP) is 2.94. The largest absolute Gasteiger partial charge is 0.350 e. The number of thiophene rings is 1. The quantitative estimate of drug-likeness (QED) is 0.733. The first-order valence-corrected chi connectivity index (χ1v) is 6.36. The number of carbonyl (C=O) groups is 1. The zero-order valence-electron chi connectivity index (χ0n) is 8.06. The molecule has 2 N–H and O–H groups in total. The average Bonchev–Trinajstić information content (AvgIpc) is 2.91.